The fraction of sp³-hybridized carbons (Fsp3) is 0. The Hall–Kier alpha value is -2.18. The first kappa shape index (κ1) is 11.9. The lowest BCUT2D eigenvalue weighted by Gasteiger charge is -2.03. The zero-order valence-corrected chi connectivity index (χ0v) is 9.29. The van der Waals surface area contributed by atoms with Gasteiger partial charge in [-0.3, -0.25) is 0 Å². The summed E-state index contributed by atoms with van der Waals surface area (Å²) in [6, 6.07) is 8.25. The summed E-state index contributed by atoms with van der Waals surface area (Å²) in [6.07, 6.45) is 0. The maximum absolute atomic E-state index is 13.4. The maximum Gasteiger partial charge on any atom is 0.632 e. The van der Waals surface area contributed by atoms with Crippen molar-refractivity contribution in [3.8, 4) is 11.5 Å². The Morgan fingerprint density at radius 2 is 1.16 bits per heavy atom. The molecule has 0 spiro atoms. The lowest BCUT2D eigenvalue weighted by molar-refractivity contribution is 0.388. The molecular weight excluding hydrogens is 263 g/mol. The van der Waals surface area contributed by atoms with Gasteiger partial charge in [0.25, 0.3) is 0 Å². The van der Waals surface area contributed by atoms with E-state index in [9.17, 15) is 17.6 Å². The predicted octanol–water partition coefficient (Wildman–Crippen LogP) is 2.41. The van der Waals surface area contributed by atoms with Crippen LogP contribution in [0.25, 0.3) is 0 Å². The molecule has 0 atom stereocenters. The first-order valence-electron chi connectivity index (χ1n) is 5.33. The van der Waals surface area contributed by atoms with Crippen LogP contribution in [0.3, 0.4) is 0 Å². The van der Waals surface area contributed by atoms with E-state index in [1.54, 1.807) is 30.3 Å². The van der Waals surface area contributed by atoms with E-state index in [0.29, 0.717) is 5.46 Å². The third-order valence-corrected chi connectivity index (χ3v) is 2.70. The van der Waals surface area contributed by atoms with Crippen molar-refractivity contribution in [1.29, 1.82) is 0 Å². The van der Waals surface area contributed by atoms with Gasteiger partial charge < -0.3 is 9.31 Å². The number of benzene rings is 2. The fourth-order valence-electron chi connectivity index (χ4n) is 1.79. The van der Waals surface area contributed by atoms with Gasteiger partial charge in [0, 0.05) is 5.46 Å². The zero-order chi connectivity index (χ0) is 13.6. The fourth-order valence-corrected chi connectivity index (χ4v) is 1.79. The molecule has 0 fully saturated rings. The molecule has 0 saturated heterocycles. The van der Waals surface area contributed by atoms with Gasteiger partial charge in [-0.1, -0.05) is 30.3 Å². The molecule has 0 aromatic heterocycles. The van der Waals surface area contributed by atoms with Gasteiger partial charge in [-0.05, 0) is 0 Å². The molecule has 0 bridgehead atoms. The Labute approximate surface area is 105 Å². The van der Waals surface area contributed by atoms with Crippen molar-refractivity contribution in [3.05, 3.63) is 53.6 Å². The van der Waals surface area contributed by atoms with Crippen molar-refractivity contribution in [2.75, 3.05) is 0 Å². The molecular formula is C12H5BF4O2. The van der Waals surface area contributed by atoms with Gasteiger partial charge in [-0.25, -0.2) is 8.78 Å². The van der Waals surface area contributed by atoms with Crippen LogP contribution < -0.4 is 14.8 Å². The molecule has 0 aliphatic carbocycles. The zero-order valence-electron chi connectivity index (χ0n) is 9.29. The molecule has 3 rings (SSSR count). The highest BCUT2D eigenvalue weighted by molar-refractivity contribution is 6.63. The molecule has 7 heteroatoms. The van der Waals surface area contributed by atoms with Crippen molar-refractivity contribution in [3.63, 3.8) is 0 Å². The van der Waals surface area contributed by atoms with Crippen LogP contribution >= 0.6 is 0 Å². The van der Waals surface area contributed by atoms with E-state index in [1.165, 1.54) is 0 Å². The molecule has 0 amide bonds. The summed E-state index contributed by atoms with van der Waals surface area (Å²) in [5.74, 6) is -8.57. The Morgan fingerprint density at radius 1 is 0.684 bits per heavy atom. The van der Waals surface area contributed by atoms with Crippen molar-refractivity contribution < 1.29 is 26.9 Å². The lowest BCUT2D eigenvalue weighted by Crippen LogP contribution is -2.38. The lowest BCUT2D eigenvalue weighted by atomic mass is 9.79. The van der Waals surface area contributed by atoms with Crippen LogP contribution in [0.1, 0.15) is 0 Å². The smallest absolute Gasteiger partial charge is 0.517 e. The molecule has 1 aliphatic rings. The monoisotopic (exact) mass is 268 g/mol. The number of hydrogen-bond acceptors (Lipinski definition) is 2. The van der Waals surface area contributed by atoms with Crippen LogP contribution in [-0.4, -0.2) is 7.12 Å². The second-order valence-electron chi connectivity index (χ2n) is 3.89. The quantitative estimate of drug-likeness (QED) is 0.342. The Kier molecular flexibility index (Phi) is 2.62. The highest BCUT2D eigenvalue weighted by Crippen LogP contribution is 2.41. The first-order chi connectivity index (χ1) is 9.09. The molecule has 2 nitrogen and oxygen atoms in total. The van der Waals surface area contributed by atoms with E-state index in [1.807, 2.05) is 0 Å². The van der Waals surface area contributed by atoms with Crippen LogP contribution in [0.2, 0.25) is 0 Å². The van der Waals surface area contributed by atoms with E-state index in [-0.39, 0.29) is 0 Å². The number of fused-ring (bicyclic) bond motifs is 1. The van der Waals surface area contributed by atoms with Crippen LogP contribution in [0.4, 0.5) is 17.6 Å². The van der Waals surface area contributed by atoms with E-state index in [2.05, 4.69) is 0 Å². The summed E-state index contributed by atoms with van der Waals surface area (Å²) >= 11 is 0. The Morgan fingerprint density at radius 3 is 1.63 bits per heavy atom. The van der Waals surface area contributed by atoms with Crippen LogP contribution in [0.5, 0.6) is 11.5 Å². The average Bonchev–Trinajstić information content (AvgIpc) is 2.89. The molecule has 0 N–H and O–H groups in total. The van der Waals surface area contributed by atoms with Crippen molar-refractivity contribution in [2.24, 2.45) is 0 Å². The van der Waals surface area contributed by atoms with Crippen LogP contribution in [0, 0.1) is 23.3 Å². The van der Waals surface area contributed by atoms with Crippen LogP contribution in [0.15, 0.2) is 30.3 Å². The number of rotatable bonds is 1. The Balaban J connectivity index is 2.06. The number of hydrogen-bond donors (Lipinski definition) is 0. The highest BCUT2D eigenvalue weighted by Gasteiger charge is 2.41. The normalized spacial score (nSPS) is 12.9. The van der Waals surface area contributed by atoms with Gasteiger partial charge in [-0.15, -0.1) is 0 Å². The topological polar surface area (TPSA) is 18.5 Å². The molecule has 2 aromatic rings. The molecule has 1 aliphatic heterocycles. The minimum Gasteiger partial charge on any atom is -0.517 e. The van der Waals surface area contributed by atoms with Crippen molar-refractivity contribution >= 4 is 12.6 Å². The minimum atomic E-state index is -1.92. The summed E-state index contributed by atoms with van der Waals surface area (Å²) in [6.45, 7) is 0. The summed E-state index contributed by atoms with van der Waals surface area (Å²) in [5, 5.41) is 0. The van der Waals surface area contributed by atoms with Gasteiger partial charge in [0.15, 0.2) is 11.5 Å². The molecule has 0 saturated carbocycles. The van der Waals surface area contributed by atoms with Gasteiger partial charge in [-0.2, -0.15) is 8.78 Å². The summed E-state index contributed by atoms with van der Waals surface area (Å²) < 4.78 is 63.0. The van der Waals surface area contributed by atoms with Crippen molar-refractivity contribution in [1.82, 2.24) is 0 Å². The van der Waals surface area contributed by atoms with E-state index < -0.39 is 41.9 Å². The highest BCUT2D eigenvalue weighted by atomic mass is 19.2. The summed E-state index contributed by atoms with van der Waals surface area (Å²) in [4.78, 5) is 0. The van der Waals surface area contributed by atoms with Gasteiger partial charge in [0.2, 0.25) is 23.3 Å². The minimum absolute atomic E-state index is 0.471. The number of halogens is 4. The predicted molar refractivity (Wildman–Crippen MR) is 59.4 cm³/mol. The first-order valence-corrected chi connectivity index (χ1v) is 5.33. The van der Waals surface area contributed by atoms with Crippen LogP contribution in [-0.2, 0) is 0 Å². The van der Waals surface area contributed by atoms with E-state index in [0.717, 1.165) is 0 Å². The Bertz CT molecular complexity index is 611. The largest absolute Gasteiger partial charge is 0.632 e. The maximum atomic E-state index is 13.4. The van der Waals surface area contributed by atoms with Crippen molar-refractivity contribution in [2.45, 2.75) is 0 Å². The third kappa shape index (κ3) is 1.73. The molecule has 0 unspecified atom stereocenters. The summed E-state index contributed by atoms with van der Waals surface area (Å²) in [5.41, 5.74) is 0.471. The van der Waals surface area contributed by atoms with E-state index >= 15 is 0 Å². The second-order valence-corrected chi connectivity index (χ2v) is 3.89. The average molecular weight is 268 g/mol. The molecule has 2 aromatic carbocycles. The molecule has 0 radical (unpaired) electrons. The molecule has 96 valence electrons. The third-order valence-electron chi connectivity index (χ3n) is 2.70. The second kappa shape index (κ2) is 4.19. The van der Waals surface area contributed by atoms with Gasteiger partial charge >= 0.3 is 7.12 Å². The standard InChI is InChI=1S/C12H5BF4O2/c14-7-8(15)10(17)12-11(9(7)16)18-13(19-12)6-4-2-1-3-5-6/h1-5H. The summed E-state index contributed by atoms with van der Waals surface area (Å²) in [7, 11) is -1.14. The molecule has 19 heavy (non-hydrogen) atoms. The van der Waals surface area contributed by atoms with Gasteiger partial charge in [0.1, 0.15) is 0 Å². The molecule has 1 heterocycles. The SMILES string of the molecule is Fc1c(F)c(F)c2c(c1F)OB(c1ccccc1)O2. The van der Waals surface area contributed by atoms with Gasteiger partial charge in [0.05, 0.1) is 0 Å². The van der Waals surface area contributed by atoms with E-state index in [4.69, 9.17) is 9.31 Å².